The van der Waals surface area contributed by atoms with Crippen LogP contribution in [0.25, 0.3) is 11.1 Å². The number of hydrogen-bond donors (Lipinski definition) is 1. The maximum Gasteiger partial charge on any atom is 0.357 e. The number of hydrogen-bond acceptors (Lipinski definition) is 6. The Hall–Kier alpha value is -3.52. The topological polar surface area (TPSA) is 102 Å². The van der Waals surface area contributed by atoms with Gasteiger partial charge in [0.1, 0.15) is 5.69 Å². The zero-order chi connectivity index (χ0) is 21.7. The van der Waals surface area contributed by atoms with Crippen LogP contribution in [-0.2, 0) is 14.8 Å². The number of nitrogens with zero attached hydrogens (tertiary/aromatic N) is 1. The van der Waals surface area contributed by atoms with Gasteiger partial charge in [0.2, 0.25) is 0 Å². The maximum absolute atomic E-state index is 12.9. The number of esters is 1. The highest BCUT2D eigenvalue weighted by molar-refractivity contribution is 7.90. The van der Waals surface area contributed by atoms with E-state index in [9.17, 15) is 18.0 Å². The molecule has 0 aliphatic heterocycles. The number of nitrogens with one attached hydrogen (secondary N) is 1. The van der Waals surface area contributed by atoms with Gasteiger partial charge in [0.15, 0.2) is 0 Å². The first-order valence-corrected chi connectivity index (χ1v) is 10.6. The van der Waals surface area contributed by atoms with Crippen molar-refractivity contribution < 1.29 is 22.7 Å². The Morgan fingerprint density at radius 3 is 2.23 bits per heavy atom. The van der Waals surface area contributed by atoms with E-state index < -0.39 is 21.9 Å². The highest BCUT2D eigenvalue weighted by Gasteiger charge is 2.23. The van der Waals surface area contributed by atoms with Gasteiger partial charge in [0.05, 0.1) is 16.6 Å². The van der Waals surface area contributed by atoms with E-state index in [1.165, 1.54) is 18.2 Å². The molecule has 7 nitrogen and oxygen atoms in total. The van der Waals surface area contributed by atoms with Gasteiger partial charge >= 0.3 is 5.97 Å². The summed E-state index contributed by atoms with van der Waals surface area (Å²) in [6, 6.07) is 18.0. The predicted octanol–water partition coefficient (Wildman–Crippen LogP) is 3.43. The van der Waals surface area contributed by atoms with Crippen molar-refractivity contribution in [3.8, 4) is 11.1 Å². The van der Waals surface area contributed by atoms with Crippen LogP contribution in [0.15, 0.2) is 77.8 Å². The summed E-state index contributed by atoms with van der Waals surface area (Å²) in [5.74, 6) is -1.48. The van der Waals surface area contributed by atoms with E-state index in [1.807, 2.05) is 6.07 Å². The van der Waals surface area contributed by atoms with Gasteiger partial charge in [-0.05, 0) is 37.6 Å². The molecule has 154 valence electrons. The van der Waals surface area contributed by atoms with E-state index in [1.54, 1.807) is 56.3 Å². The Labute approximate surface area is 174 Å². The Kier molecular flexibility index (Phi) is 6.27. The monoisotopic (exact) mass is 424 g/mol. The van der Waals surface area contributed by atoms with Crippen LogP contribution in [0.4, 0.5) is 0 Å². The molecule has 0 bridgehead atoms. The fourth-order valence-corrected chi connectivity index (χ4v) is 3.92. The quantitative estimate of drug-likeness (QED) is 0.608. The van der Waals surface area contributed by atoms with Crippen LogP contribution in [0.5, 0.6) is 0 Å². The van der Waals surface area contributed by atoms with Crippen molar-refractivity contribution in [2.45, 2.75) is 24.8 Å². The summed E-state index contributed by atoms with van der Waals surface area (Å²) in [4.78, 5) is 28.2. The maximum atomic E-state index is 12.9. The molecular formula is C22H20N2O5S. The Morgan fingerprint density at radius 2 is 1.60 bits per heavy atom. The van der Waals surface area contributed by atoms with Crippen molar-refractivity contribution in [2.75, 3.05) is 0 Å². The number of aromatic nitrogens is 1. The molecular weight excluding hydrogens is 404 g/mol. The van der Waals surface area contributed by atoms with Crippen molar-refractivity contribution in [3.63, 3.8) is 0 Å². The van der Waals surface area contributed by atoms with Crippen molar-refractivity contribution in [1.82, 2.24) is 9.71 Å². The molecule has 1 N–H and O–H groups in total. The summed E-state index contributed by atoms with van der Waals surface area (Å²) in [6.45, 7) is 3.41. The molecule has 3 rings (SSSR count). The molecule has 0 saturated heterocycles. The molecule has 0 aliphatic carbocycles. The molecule has 0 atom stereocenters. The summed E-state index contributed by atoms with van der Waals surface area (Å²) in [5, 5.41) is 0. The van der Waals surface area contributed by atoms with Gasteiger partial charge in [0, 0.05) is 11.8 Å². The SMILES string of the molecule is CC(C)OC(=O)c1ccc(C(=O)NS(=O)(=O)c2ccccc2-c2ccccc2)cn1. The minimum absolute atomic E-state index is 0.00290. The molecule has 0 unspecified atom stereocenters. The van der Waals surface area contributed by atoms with Gasteiger partial charge in [-0.1, -0.05) is 48.5 Å². The molecule has 1 heterocycles. The second-order valence-corrected chi connectivity index (χ2v) is 8.33. The fraction of sp³-hybridized carbons (Fsp3) is 0.136. The van der Waals surface area contributed by atoms with Gasteiger partial charge in [-0.3, -0.25) is 4.79 Å². The van der Waals surface area contributed by atoms with Crippen LogP contribution in [0.2, 0.25) is 0 Å². The van der Waals surface area contributed by atoms with Crippen LogP contribution in [-0.4, -0.2) is 31.4 Å². The van der Waals surface area contributed by atoms with Gasteiger partial charge in [-0.15, -0.1) is 0 Å². The number of pyridine rings is 1. The number of carbonyl (C=O) groups excluding carboxylic acids is 2. The van der Waals surface area contributed by atoms with Crippen molar-refractivity contribution in [3.05, 3.63) is 84.2 Å². The van der Waals surface area contributed by atoms with E-state index in [0.717, 1.165) is 6.20 Å². The van der Waals surface area contributed by atoms with Crippen LogP contribution in [0.1, 0.15) is 34.7 Å². The predicted molar refractivity (Wildman–Crippen MR) is 111 cm³/mol. The summed E-state index contributed by atoms with van der Waals surface area (Å²) >= 11 is 0. The lowest BCUT2D eigenvalue weighted by atomic mass is 10.1. The minimum atomic E-state index is -4.15. The molecule has 0 aliphatic rings. The lowest BCUT2D eigenvalue weighted by Crippen LogP contribution is -2.31. The van der Waals surface area contributed by atoms with Crippen LogP contribution >= 0.6 is 0 Å². The normalized spacial score (nSPS) is 11.2. The average Bonchev–Trinajstić information content (AvgIpc) is 2.73. The highest BCUT2D eigenvalue weighted by Crippen LogP contribution is 2.27. The van der Waals surface area contributed by atoms with Gasteiger partial charge in [-0.25, -0.2) is 22.9 Å². The second-order valence-electron chi connectivity index (χ2n) is 6.68. The van der Waals surface area contributed by atoms with E-state index in [4.69, 9.17) is 4.74 Å². The van der Waals surface area contributed by atoms with Crippen LogP contribution in [0.3, 0.4) is 0 Å². The van der Waals surface area contributed by atoms with Gasteiger partial charge < -0.3 is 4.74 Å². The highest BCUT2D eigenvalue weighted by atomic mass is 32.2. The van der Waals surface area contributed by atoms with E-state index in [-0.39, 0.29) is 22.3 Å². The number of sulfonamides is 1. The molecule has 1 amide bonds. The average molecular weight is 424 g/mol. The first-order valence-electron chi connectivity index (χ1n) is 9.16. The molecule has 0 spiro atoms. The molecule has 3 aromatic rings. The van der Waals surface area contributed by atoms with Crippen LogP contribution in [0, 0.1) is 0 Å². The van der Waals surface area contributed by atoms with Crippen molar-refractivity contribution in [1.29, 1.82) is 0 Å². The number of ether oxygens (including phenoxy) is 1. The lowest BCUT2D eigenvalue weighted by Gasteiger charge is -2.12. The molecule has 30 heavy (non-hydrogen) atoms. The van der Waals surface area contributed by atoms with Gasteiger partial charge in [0.25, 0.3) is 15.9 Å². The van der Waals surface area contributed by atoms with Crippen LogP contribution < -0.4 is 4.72 Å². The standard InChI is InChI=1S/C22H20N2O5S/c1-15(2)29-22(26)19-13-12-17(14-23-19)21(25)24-30(27,28)20-11-7-6-10-18(20)16-8-4-3-5-9-16/h3-15H,1-2H3,(H,24,25). The lowest BCUT2D eigenvalue weighted by molar-refractivity contribution is 0.0370. The number of rotatable bonds is 6. The van der Waals surface area contributed by atoms with E-state index in [0.29, 0.717) is 11.1 Å². The molecule has 0 saturated carbocycles. The summed E-state index contributed by atoms with van der Waals surface area (Å²) < 4.78 is 32.8. The number of carbonyl (C=O) groups is 2. The molecule has 8 heteroatoms. The molecule has 0 radical (unpaired) electrons. The first kappa shape index (κ1) is 21.2. The molecule has 0 fully saturated rings. The zero-order valence-corrected chi connectivity index (χ0v) is 17.2. The van der Waals surface area contributed by atoms with Crippen molar-refractivity contribution >= 4 is 21.9 Å². The van der Waals surface area contributed by atoms with Crippen molar-refractivity contribution in [2.24, 2.45) is 0 Å². The summed E-state index contributed by atoms with van der Waals surface area (Å²) in [5.41, 5.74) is 1.21. The number of amides is 1. The van der Waals surface area contributed by atoms with Gasteiger partial charge in [-0.2, -0.15) is 0 Å². The molecule has 1 aromatic heterocycles. The largest absolute Gasteiger partial charge is 0.458 e. The molecule has 2 aromatic carbocycles. The zero-order valence-electron chi connectivity index (χ0n) is 16.4. The smallest absolute Gasteiger partial charge is 0.357 e. The first-order chi connectivity index (χ1) is 14.3. The minimum Gasteiger partial charge on any atom is -0.458 e. The fourth-order valence-electron chi connectivity index (χ4n) is 2.72. The van der Waals surface area contributed by atoms with E-state index in [2.05, 4.69) is 9.71 Å². The Morgan fingerprint density at radius 1 is 0.933 bits per heavy atom. The second kappa shape index (κ2) is 8.87. The third-order valence-corrected chi connectivity index (χ3v) is 5.46. The van der Waals surface area contributed by atoms with E-state index >= 15 is 0 Å². The Balaban J connectivity index is 1.83. The third-order valence-electron chi connectivity index (χ3n) is 4.07. The summed E-state index contributed by atoms with van der Waals surface area (Å²) in [6.07, 6.45) is 0.822. The third kappa shape index (κ3) is 4.90. The Bertz CT molecular complexity index is 1160. The summed E-state index contributed by atoms with van der Waals surface area (Å²) in [7, 11) is -4.15. The number of benzene rings is 2.